The van der Waals surface area contributed by atoms with Gasteiger partial charge in [-0.2, -0.15) is 0 Å². The highest BCUT2D eigenvalue weighted by Crippen LogP contribution is 2.21. The Hall–Kier alpha value is -3.31. The molecule has 0 atom stereocenters. The maximum atomic E-state index is 12.7. The number of methoxy groups -OCH3 is 1. The molecule has 3 aromatic rings. The monoisotopic (exact) mass is 475 g/mol. The lowest BCUT2D eigenvalue weighted by Crippen LogP contribution is -2.20. The maximum Gasteiger partial charge on any atom is 0.270 e. The summed E-state index contributed by atoms with van der Waals surface area (Å²) in [5.74, 6) is 0.857. The van der Waals surface area contributed by atoms with Crippen molar-refractivity contribution >= 4 is 33.2 Å². The summed E-state index contributed by atoms with van der Waals surface area (Å²) < 4.78 is 35.8. The van der Waals surface area contributed by atoms with Crippen LogP contribution in [0.4, 0.5) is 5.69 Å². The highest BCUT2D eigenvalue weighted by atomic mass is 32.2. The Morgan fingerprint density at radius 3 is 2.34 bits per heavy atom. The number of benzene rings is 2. The van der Waals surface area contributed by atoms with Gasteiger partial charge in [0.1, 0.15) is 11.5 Å². The fourth-order valence-corrected chi connectivity index (χ4v) is 4.51. The summed E-state index contributed by atoms with van der Waals surface area (Å²) in [7, 11) is -2.59. The fourth-order valence-electron chi connectivity index (χ4n) is 2.65. The number of nitrogens with zero attached hydrogens (tertiary/aromatic N) is 1. The van der Waals surface area contributed by atoms with Crippen molar-refractivity contribution in [1.82, 2.24) is 9.97 Å². The van der Waals surface area contributed by atoms with Crippen molar-refractivity contribution in [2.24, 2.45) is 0 Å². The number of anilines is 1. The average molecular weight is 476 g/mol. The van der Waals surface area contributed by atoms with Crippen LogP contribution in [0.3, 0.4) is 0 Å². The molecule has 0 unspecified atom stereocenters. The van der Waals surface area contributed by atoms with Gasteiger partial charge in [-0.15, -0.1) is 0 Å². The van der Waals surface area contributed by atoms with E-state index in [-0.39, 0.29) is 21.7 Å². The predicted octanol–water partition coefficient (Wildman–Crippen LogP) is 2.74. The quantitative estimate of drug-likeness (QED) is 0.357. The van der Waals surface area contributed by atoms with Gasteiger partial charge in [-0.25, -0.2) is 13.4 Å². The van der Waals surface area contributed by atoms with Gasteiger partial charge in [0.25, 0.3) is 5.56 Å². The third-order valence-corrected chi connectivity index (χ3v) is 6.84. The first kappa shape index (κ1) is 23.4. The van der Waals surface area contributed by atoms with Crippen molar-refractivity contribution in [3.05, 3.63) is 65.1 Å². The average Bonchev–Trinajstić information content (AvgIpc) is 2.79. The lowest BCUT2D eigenvalue weighted by atomic mass is 10.3. The van der Waals surface area contributed by atoms with E-state index >= 15 is 0 Å². The van der Waals surface area contributed by atoms with Crippen LogP contribution in [0, 0.1) is 0 Å². The molecule has 0 saturated heterocycles. The topological polar surface area (TPSA) is 127 Å². The molecular weight excluding hydrogens is 454 g/mol. The van der Waals surface area contributed by atoms with E-state index in [1.54, 1.807) is 24.3 Å². The molecule has 0 aliphatic carbocycles. The molecule has 0 bridgehead atoms. The van der Waals surface area contributed by atoms with Crippen LogP contribution in [0.1, 0.15) is 6.92 Å². The van der Waals surface area contributed by atoms with Gasteiger partial charge in [0, 0.05) is 5.69 Å². The van der Waals surface area contributed by atoms with Crippen LogP contribution in [0.2, 0.25) is 0 Å². The Balaban J connectivity index is 1.64. The minimum absolute atomic E-state index is 0.0271. The van der Waals surface area contributed by atoms with Crippen LogP contribution >= 0.6 is 11.8 Å². The van der Waals surface area contributed by atoms with Gasteiger partial charge in [-0.05, 0) is 55.5 Å². The van der Waals surface area contributed by atoms with Gasteiger partial charge in [-0.1, -0.05) is 11.8 Å². The summed E-state index contributed by atoms with van der Waals surface area (Å²) in [6.07, 6.45) is 0.991. The zero-order valence-electron chi connectivity index (χ0n) is 17.3. The molecule has 2 N–H and O–H groups in total. The molecule has 0 radical (unpaired) electrons. The van der Waals surface area contributed by atoms with Gasteiger partial charge in [0.05, 0.1) is 30.6 Å². The summed E-state index contributed by atoms with van der Waals surface area (Å²) in [5, 5.41) is 2.85. The van der Waals surface area contributed by atoms with Crippen molar-refractivity contribution in [2.75, 3.05) is 24.8 Å². The molecule has 0 saturated carbocycles. The number of hydrogen-bond acceptors (Lipinski definition) is 8. The molecule has 1 aromatic heterocycles. The second-order valence-corrected chi connectivity index (χ2v) is 9.24. The molecular formula is C21H21N3O6S2. The second kappa shape index (κ2) is 10.3. The van der Waals surface area contributed by atoms with Crippen molar-refractivity contribution < 1.29 is 22.7 Å². The van der Waals surface area contributed by atoms with Crippen molar-refractivity contribution in [3.8, 4) is 11.5 Å². The van der Waals surface area contributed by atoms with Gasteiger partial charge >= 0.3 is 0 Å². The minimum atomic E-state index is -4.05. The summed E-state index contributed by atoms with van der Waals surface area (Å²) in [6, 6.07) is 12.6. The first-order valence-corrected chi connectivity index (χ1v) is 11.9. The second-order valence-electron chi connectivity index (χ2n) is 6.35. The van der Waals surface area contributed by atoms with E-state index < -0.39 is 20.3 Å². The predicted molar refractivity (Wildman–Crippen MR) is 120 cm³/mol. The van der Waals surface area contributed by atoms with Crippen LogP contribution < -0.4 is 20.3 Å². The lowest BCUT2D eigenvalue weighted by Gasteiger charge is -2.07. The number of nitrogens with one attached hydrogen (secondary N) is 2. The number of carbonyl (C=O) groups is 1. The first-order valence-electron chi connectivity index (χ1n) is 9.47. The van der Waals surface area contributed by atoms with E-state index in [9.17, 15) is 18.0 Å². The summed E-state index contributed by atoms with van der Waals surface area (Å²) >= 11 is 0.979. The number of H-pyrrole nitrogens is 1. The Kier molecular flexibility index (Phi) is 7.54. The van der Waals surface area contributed by atoms with Crippen molar-refractivity contribution in [2.45, 2.75) is 21.9 Å². The molecule has 1 amide bonds. The molecule has 0 spiro atoms. The zero-order valence-corrected chi connectivity index (χ0v) is 19.0. The third-order valence-electron chi connectivity index (χ3n) is 4.19. The van der Waals surface area contributed by atoms with Crippen LogP contribution in [0.25, 0.3) is 0 Å². The van der Waals surface area contributed by atoms with Crippen LogP contribution in [-0.4, -0.2) is 43.8 Å². The SMILES string of the molecule is CCOc1ccc(NC(=O)CSc2ncc(S(=O)(=O)c3ccc(OC)cc3)c(=O)[nH]2)cc1. The fraction of sp³-hybridized carbons (Fsp3) is 0.190. The van der Waals surface area contributed by atoms with E-state index in [1.807, 2.05) is 6.92 Å². The maximum absolute atomic E-state index is 12.7. The zero-order chi connectivity index (χ0) is 23.1. The van der Waals surface area contributed by atoms with Crippen molar-refractivity contribution in [1.29, 1.82) is 0 Å². The molecule has 32 heavy (non-hydrogen) atoms. The number of sulfone groups is 1. The highest BCUT2D eigenvalue weighted by molar-refractivity contribution is 7.99. The molecule has 3 rings (SSSR count). The third kappa shape index (κ3) is 5.68. The van der Waals surface area contributed by atoms with Gasteiger partial charge in [0.2, 0.25) is 15.7 Å². The molecule has 1 heterocycles. The molecule has 0 aliphatic heterocycles. The van der Waals surface area contributed by atoms with E-state index in [1.165, 1.54) is 31.4 Å². The van der Waals surface area contributed by atoms with Gasteiger partial charge in [-0.3, -0.25) is 9.59 Å². The first-order chi connectivity index (χ1) is 15.3. The van der Waals surface area contributed by atoms with E-state index in [2.05, 4.69) is 15.3 Å². The molecule has 9 nitrogen and oxygen atoms in total. The number of aromatic nitrogens is 2. The molecule has 2 aromatic carbocycles. The number of amides is 1. The van der Waals surface area contributed by atoms with Gasteiger partial charge in [0.15, 0.2) is 10.1 Å². The summed E-state index contributed by atoms with van der Waals surface area (Å²) in [5.41, 5.74) is -0.216. The normalized spacial score (nSPS) is 11.1. The number of aromatic amines is 1. The number of thioether (sulfide) groups is 1. The standard InChI is InChI=1S/C21H21N3O6S2/c1-3-30-16-6-4-14(5-7-16)23-19(25)13-31-21-22-12-18(20(26)24-21)32(27,28)17-10-8-15(29-2)9-11-17/h4-12H,3,13H2,1-2H3,(H,23,25)(H,22,24,26). The Labute approximate surface area is 189 Å². The Morgan fingerprint density at radius 1 is 1.09 bits per heavy atom. The molecule has 0 aliphatic rings. The largest absolute Gasteiger partial charge is 0.497 e. The van der Waals surface area contributed by atoms with E-state index in [4.69, 9.17) is 9.47 Å². The summed E-state index contributed by atoms with van der Waals surface area (Å²) in [6.45, 7) is 2.43. The number of rotatable bonds is 9. The number of carbonyl (C=O) groups excluding carboxylic acids is 1. The minimum Gasteiger partial charge on any atom is -0.497 e. The van der Waals surface area contributed by atoms with E-state index in [0.29, 0.717) is 23.8 Å². The highest BCUT2D eigenvalue weighted by Gasteiger charge is 2.22. The number of ether oxygens (including phenoxy) is 2. The Bertz CT molecular complexity index is 1240. The Morgan fingerprint density at radius 2 is 1.75 bits per heavy atom. The van der Waals surface area contributed by atoms with E-state index in [0.717, 1.165) is 18.0 Å². The number of hydrogen-bond donors (Lipinski definition) is 2. The van der Waals surface area contributed by atoms with Crippen LogP contribution in [0.15, 0.2) is 74.5 Å². The lowest BCUT2D eigenvalue weighted by molar-refractivity contribution is -0.113. The summed E-state index contributed by atoms with van der Waals surface area (Å²) in [4.78, 5) is 30.4. The molecule has 11 heteroatoms. The smallest absolute Gasteiger partial charge is 0.270 e. The molecule has 0 fully saturated rings. The van der Waals surface area contributed by atoms with Crippen molar-refractivity contribution in [3.63, 3.8) is 0 Å². The van der Waals surface area contributed by atoms with Crippen LogP contribution in [-0.2, 0) is 14.6 Å². The van der Waals surface area contributed by atoms with Crippen LogP contribution in [0.5, 0.6) is 11.5 Å². The van der Waals surface area contributed by atoms with Gasteiger partial charge < -0.3 is 19.8 Å². The molecule has 168 valence electrons.